The second kappa shape index (κ2) is 9.67. The standard InChI is InChI=1S/C27H24N2O5S2/c1-18-15-21(35(2,31)32)10-12-23(18)25-17-22(36(3,33)34)11-13-24(25)27(30)29-20-8-6-7-19(16-20)26-9-4-5-14-28-26/h4-17H,1-3H3,(H,29,30). The van der Waals surface area contributed by atoms with Crippen LogP contribution in [0.2, 0.25) is 0 Å². The van der Waals surface area contributed by atoms with E-state index in [1.54, 1.807) is 37.4 Å². The molecule has 36 heavy (non-hydrogen) atoms. The van der Waals surface area contributed by atoms with Crippen LogP contribution in [0.3, 0.4) is 0 Å². The quantitative estimate of drug-likeness (QED) is 0.392. The maximum absolute atomic E-state index is 13.4. The third-order valence-corrected chi connectivity index (χ3v) is 7.88. The molecule has 0 bridgehead atoms. The van der Waals surface area contributed by atoms with Gasteiger partial charge in [0.2, 0.25) is 0 Å². The highest BCUT2D eigenvalue weighted by molar-refractivity contribution is 7.91. The zero-order chi connectivity index (χ0) is 26.1. The van der Waals surface area contributed by atoms with Crippen molar-refractivity contribution in [3.8, 4) is 22.4 Å². The van der Waals surface area contributed by atoms with Crippen molar-refractivity contribution >= 4 is 31.3 Å². The normalized spacial score (nSPS) is 11.8. The Hall–Kier alpha value is -3.82. The predicted molar refractivity (Wildman–Crippen MR) is 140 cm³/mol. The number of hydrogen-bond donors (Lipinski definition) is 1. The molecule has 0 unspecified atom stereocenters. The van der Waals surface area contributed by atoms with Crippen molar-refractivity contribution in [3.63, 3.8) is 0 Å². The van der Waals surface area contributed by atoms with Crippen LogP contribution >= 0.6 is 0 Å². The number of amides is 1. The number of sulfone groups is 2. The number of rotatable bonds is 6. The van der Waals surface area contributed by atoms with E-state index in [9.17, 15) is 21.6 Å². The number of benzene rings is 3. The van der Waals surface area contributed by atoms with Crippen molar-refractivity contribution in [1.82, 2.24) is 4.98 Å². The van der Waals surface area contributed by atoms with E-state index < -0.39 is 25.6 Å². The fourth-order valence-electron chi connectivity index (χ4n) is 3.83. The van der Waals surface area contributed by atoms with Gasteiger partial charge in [-0.15, -0.1) is 0 Å². The van der Waals surface area contributed by atoms with E-state index in [2.05, 4.69) is 10.3 Å². The topological polar surface area (TPSA) is 110 Å². The first-order valence-corrected chi connectivity index (χ1v) is 14.7. The summed E-state index contributed by atoms with van der Waals surface area (Å²) in [6.07, 6.45) is 3.89. The lowest BCUT2D eigenvalue weighted by Gasteiger charge is -2.15. The Morgan fingerprint density at radius 3 is 2.08 bits per heavy atom. The van der Waals surface area contributed by atoms with Gasteiger partial charge in [-0.05, 0) is 78.2 Å². The monoisotopic (exact) mass is 520 g/mol. The summed E-state index contributed by atoms with van der Waals surface area (Å²) in [4.78, 5) is 17.9. The van der Waals surface area contributed by atoms with E-state index in [-0.39, 0.29) is 15.4 Å². The van der Waals surface area contributed by atoms with E-state index in [1.165, 1.54) is 30.3 Å². The van der Waals surface area contributed by atoms with Crippen LogP contribution < -0.4 is 5.32 Å². The van der Waals surface area contributed by atoms with Crippen LogP contribution in [-0.4, -0.2) is 40.2 Å². The minimum absolute atomic E-state index is 0.0535. The van der Waals surface area contributed by atoms with Gasteiger partial charge in [-0.25, -0.2) is 16.8 Å². The van der Waals surface area contributed by atoms with Crippen LogP contribution in [-0.2, 0) is 19.7 Å². The maximum atomic E-state index is 13.4. The summed E-state index contributed by atoms with van der Waals surface area (Å²) >= 11 is 0. The first kappa shape index (κ1) is 25.3. The van der Waals surface area contributed by atoms with E-state index in [1.807, 2.05) is 24.3 Å². The number of nitrogens with zero attached hydrogens (tertiary/aromatic N) is 1. The zero-order valence-electron chi connectivity index (χ0n) is 19.9. The lowest BCUT2D eigenvalue weighted by atomic mass is 9.95. The van der Waals surface area contributed by atoms with Gasteiger partial charge in [0, 0.05) is 35.5 Å². The second-order valence-electron chi connectivity index (χ2n) is 8.48. The third kappa shape index (κ3) is 5.53. The largest absolute Gasteiger partial charge is 0.322 e. The average Bonchev–Trinajstić information content (AvgIpc) is 2.83. The van der Waals surface area contributed by atoms with E-state index in [4.69, 9.17) is 0 Å². The Morgan fingerprint density at radius 2 is 1.44 bits per heavy atom. The molecule has 4 aromatic rings. The van der Waals surface area contributed by atoms with Crippen molar-refractivity contribution in [2.45, 2.75) is 16.7 Å². The maximum Gasteiger partial charge on any atom is 0.256 e. The van der Waals surface area contributed by atoms with Crippen molar-refractivity contribution in [2.75, 3.05) is 17.8 Å². The molecule has 0 fully saturated rings. The number of aromatic nitrogens is 1. The Bertz CT molecular complexity index is 1680. The summed E-state index contributed by atoms with van der Waals surface area (Å²) in [6.45, 7) is 1.72. The summed E-state index contributed by atoms with van der Waals surface area (Å²) in [7, 11) is -6.98. The van der Waals surface area contributed by atoms with Crippen LogP contribution in [0.25, 0.3) is 22.4 Å². The first-order valence-electron chi connectivity index (χ1n) is 10.9. The van der Waals surface area contributed by atoms with Crippen LogP contribution in [0.4, 0.5) is 5.69 Å². The molecule has 9 heteroatoms. The van der Waals surface area contributed by atoms with Crippen molar-refractivity contribution in [3.05, 3.63) is 96.2 Å². The molecule has 7 nitrogen and oxygen atoms in total. The van der Waals surface area contributed by atoms with Crippen LogP contribution in [0.15, 0.2) is 94.9 Å². The molecule has 0 atom stereocenters. The Labute approximate surface area is 210 Å². The fourth-order valence-corrected chi connectivity index (χ4v) is 5.19. The van der Waals surface area contributed by atoms with Crippen LogP contribution in [0.5, 0.6) is 0 Å². The number of anilines is 1. The van der Waals surface area contributed by atoms with Gasteiger partial charge in [0.25, 0.3) is 5.91 Å². The van der Waals surface area contributed by atoms with Gasteiger partial charge in [-0.2, -0.15) is 0 Å². The van der Waals surface area contributed by atoms with Gasteiger partial charge in [0.15, 0.2) is 19.7 Å². The molecule has 1 amide bonds. The summed E-state index contributed by atoms with van der Waals surface area (Å²) in [5.74, 6) is -0.435. The molecule has 0 aliphatic heterocycles. The summed E-state index contributed by atoms with van der Waals surface area (Å²) in [6, 6.07) is 21.6. The SMILES string of the molecule is Cc1cc(S(C)(=O)=O)ccc1-c1cc(S(C)(=O)=O)ccc1C(=O)Nc1cccc(-c2ccccn2)c1. The van der Waals surface area contributed by atoms with Gasteiger partial charge in [-0.3, -0.25) is 9.78 Å². The summed E-state index contributed by atoms with van der Waals surface area (Å²) in [5.41, 5.74) is 3.91. The smallest absolute Gasteiger partial charge is 0.256 e. The number of pyridine rings is 1. The molecule has 1 heterocycles. The molecular formula is C27H24N2O5S2. The molecule has 0 spiro atoms. The molecule has 4 rings (SSSR count). The average molecular weight is 521 g/mol. The van der Waals surface area contributed by atoms with Gasteiger partial charge >= 0.3 is 0 Å². The van der Waals surface area contributed by atoms with Crippen molar-refractivity contribution in [1.29, 1.82) is 0 Å². The number of aryl methyl sites for hydroxylation is 1. The minimum Gasteiger partial charge on any atom is -0.322 e. The molecule has 1 N–H and O–H groups in total. The zero-order valence-corrected chi connectivity index (χ0v) is 21.5. The fraction of sp³-hybridized carbons (Fsp3) is 0.111. The number of carbonyl (C=O) groups excluding carboxylic acids is 1. The molecule has 0 saturated carbocycles. The summed E-state index contributed by atoms with van der Waals surface area (Å²) < 4.78 is 48.4. The molecule has 1 aromatic heterocycles. The molecule has 0 aliphatic carbocycles. The van der Waals surface area contributed by atoms with Crippen molar-refractivity contribution < 1.29 is 21.6 Å². The highest BCUT2D eigenvalue weighted by Gasteiger charge is 2.20. The lowest BCUT2D eigenvalue weighted by Crippen LogP contribution is -2.14. The lowest BCUT2D eigenvalue weighted by molar-refractivity contribution is 0.102. The van der Waals surface area contributed by atoms with Crippen molar-refractivity contribution in [2.24, 2.45) is 0 Å². The number of nitrogens with one attached hydrogen (secondary N) is 1. The van der Waals surface area contributed by atoms with Crippen LogP contribution in [0.1, 0.15) is 15.9 Å². The van der Waals surface area contributed by atoms with Crippen LogP contribution in [0, 0.1) is 6.92 Å². The van der Waals surface area contributed by atoms with Gasteiger partial charge < -0.3 is 5.32 Å². The highest BCUT2D eigenvalue weighted by atomic mass is 32.2. The van der Waals surface area contributed by atoms with Gasteiger partial charge in [0.05, 0.1) is 15.5 Å². The Kier molecular flexibility index (Phi) is 6.79. The number of hydrogen-bond acceptors (Lipinski definition) is 6. The molecule has 184 valence electrons. The number of carbonyl (C=O) groups is 1. The molecule has 3 aromatic carbocycles. The Balaban J connectivity index is 1.78. The Morgan fingerprint density at radius 1 is 0.750 bits per heavy atom. The van der Waals surface area contributed by atoms with E-state index >= 15 is 0 Å². The molecule has 0 aliphatic rings. The molecule has 0 saturated heterocycles. The summed E-state index contributed by atoms with van der Waals surface area (Å²) in [5, 5.41) is 2.88. The van der Waals surface area contributed by atoms with Gasteiger partial charge in [-0.1, -0.05) is 24.3 Å². The first-order chi connectivity index (χ1) is 16.9. The molecular weight excluding hydrogens is 496 g/mol. The van der Waals surface area contributed by atoms with E-state index in [0.29, 0.717) is 22.4 Å². The third-order valence-electron chi connectivity index (χ3n) is 5.66. The predicted octanol–water partition coefficient (Wildman–Crippen LogP) is 4.78. The second-order valence-corrected chi connectivity index (χ2v) is 12.5. The highest BCUT2D eigenvalue weighted by Crippen LogP contribution is 2.32. The molecule has 0 radical (unpaired) electrons. The van der Waals surface area contributed by atoms with Gasteiger partial charge in [0.1, 0.15) is 0 Å². The van der Waals surface area contributed by atoms with E-state index in [0.717, 1.165) is 23.8 Å². The minimum atomic E-state index is -3.55.